The third kappa shape index (κ3) is 2.71. The molecule has 1 heterocycles. The smallest absolute Gasteiger partial charge is 0.0787 e. The lowest BCUT2D eigenvalue weighted by molar-refractivity contribution is 0.173. The second kappa shape index (κ2) is 5.77. The van der Waals surface area contributed by atoms with Crippen LogP contribution in [-0.2, 0) is 0 Å². The summed E-state index contributed by atoms with van der Waals surface area (Å²) in [6, 6.07) is 8.54. The second-order valence-corrected chi connectivity index (χ2v) is 6.71. The number of hydrogen-bond acceptors (Lipinski definition) is 2. The van der Waals surface area contributed by atoms with Crippen LogP contribution in [0.3, 0.4) is 0 Å². The van der Waals surface area contributed by atoms with Crippen molar-refractivity contribution in [2.24, 2.45) is 5.41 Å². The highest BCUT2D eigenvalue weighted by Gasteiger charge is 2.36. The first-order valence-corrected chi connectivity index (χ1v) is 8.25. The lowest BCUT2D eigenvalue weighted by Gasteiger charge is -2.40. The van der Waals surface area contributed by atoms with Crippen LogP contribution in [0, 0.1) is 5.41 Å². The molecule has 0 unspecified atom stereocenters. The molecule has 1 saturated heterocycles. The fourth-order valence-electron chi connectivity index (χ4n) is 4.01. The van der Waals surface area contributed by atoms with Crippen LogP contribution in [0.1, 0.15) is 63.5 Å². The van der Waals surface area contributed by atoms with Gasteiger partial charge in [-0.15, -0.1) is 0 Å². The predicted octanol–water partition coefficient (Wildman–Crippen LogP) is 4.29. The van der Waals surface area contributed by atoms with Gasteiger partial charge >= 0.3 is 0 Å². The molecule has 2 fully saturated rings. The van der Waals surface area contributed by atoms with Crippen molar-refractivity contribution in [3.8, 4) is 0 Å². The summed E-state index contributed by atoms with van der Waals surface area (Å²) in [4.78, 5) is 2.52. The number of piperidine rings is 1. The molecule has 1 aromatic carbocycles. The molecule has 2 heteroatoms. The van der Waals surface area contributed by atoms with Crippen LogP contribution in [0.15, 0.2) is 24.3 Å². The van der Waals surface area contributed by atoms with Crippen molar-refractivity contribution in [2.75, 3.05) is 18.0 Å². The van der Waals surface area contributed by atoms with Gasteiger partial charge in [0.2, 0.25) is 0 Å². The standard InChI is InChI=1S/C18H27NO/c1-2-17(20)15-5-7-16(8-6-15)19-13-11-18(12-14-19)9-3-4-10-18/h5-8,17,20H,2-4,9-14H2,1H3/t17-/m1/s1. The number of anilines is 1. The maximum Gasteiger partial charge on any atom is 0.0787 e. The van der Waals surface area contributed by atoms with Crippen molar-refractivity contribution in [1.82, 2.24) is 0 Å². The van der Waals surface area contributed by atoms with Crippen molar-refractivity contribution in [2.45, 2.75) is 58.0 Å². The van der Waals surface area contributed by atoms with Crippen molar-refractivity contribution < 1.29 is 5.11 Å². The number of aliphatic hydroxyl groups is 1. The fourth-order valence-corrected chi connectivity index (χ4v) is 4.01. The molecular weight excluding hydrogens is 246 g/mol. The number of hydrogen-bond donors (Lipinski definition) is 1. The fraction of sp³-hybridized carbons (Fsp3) is 0.667. The highest BCUT2D eigenvalue weighted by molar-refractivity contribution is 5.48. The summed E-state index contributed by atoms with van der Waals surface area (Å²) in [6.45, 7) is 4.43. The molecule has 110 valence electrons. The van der Waals surface area contributed by atoms with Crippen molar-refractivity contribution in [3.05, 3.63) is 29.8 Å². The van der Waals surface area contributed by atoms with E-state index in [1.807, 2.05) is 6.92 Å². The van der Waals surface area contributed by atoms with Gasteiger partial charge in [-0.25, -0.2) is 0 Å². The zero-order chi connectivity index (χ0) is 14.0. The lowest BCUT2D eigenvalue weighted by atomic mass is 9.77. The third-order valence-corrected chi connectivity index (χ3v) is 5.52. The van der Waals surface area contributed by atoms with E-state index in [0.29, 0.717) is 5.41 Å². The van der Waals surface area contributed by atoms with Gasteiger partial charge in [0.05, 0.1) is 6.10 Å². The molecule has 0 aromatic heterocycles. The number of nitrogens with zero attached hydrogens (tertiary/aromatic N) is 1. The first-order chi connectivity index (χ1) is 9.72. The topological polar surface area (TPSA) is 23.5 Å². The molecule has 1 spiro atoms. The van der Waals surface area contributed by atoms with Crippen LogP contribution in [0.5, 0.6) is 0 Å². The first kappa shape index (κ1) is 13.9. The average molecular weight is 273 g/mol. The van der Waals surface area contributed by atoms with Gasteiger partial charge in [-0.05, 0) is 55.2 Å². The second-order valence-electron chi connectivity index (χ2n) is 6.71. The molecule has 0 amide bonds. The summed E-state index contributed by atoms with van der Waals surface area (Å²) in [7, 11) is 0. The van der Waals surface area contributed by atoms with Crippen molar-refractivity contribution in [1.29, 1.82) is 0 Å². The molecular formula is C18H27NO. The molecule has 3 rings (SSSR count). The van der Waals surface area contributed by atoms with Crippen molar-refractivity contribution in [3.63, 3.8) is 0 Å². The zero-order valence-electron chi connectivity index (χ0n) is 12.6. The molecule has 1 saturated carbocycles. The minimum atomic E-state index is -0.313. The SMILES string of the molecule is CC[C@@H](O)c1ccc(N2CCC3(CCCC3)CC2)cc1. The molecule has 1 aromatic rings. The molecule has 2 nitrogen and oxygen atoms in total. The molecule has 0 radical (unpaired) electrons. The zero-order valence-corrected chi connectivity index (χ0v) is 12.6. The maximum absolute atomic E-state index is 9.86. The average Bonchev–Trinajstić information content (AvgIpc) is 2.96. The molecule has 1 atom stereocenters. The van der Waals surface area contributed by atoms with Crippen LogP contribution < -0.4 is 4.90 Å². The lowest BCUT2D eigenvalue weighted by Crippen LogP contribution is -2.38. The van der Waals surface area contributed by atoms with E-state index in [0.717, 1.165) is 12.0 Å². The Morgan fingerprint density at radius 2 is 1.65 bits per heavy atom. The molecule has 0 bridgehead atoms. The molecule has 1 N–H and O–H groups in total. The highest BCUT2D eigenvalue weighted by Crippen LogP contribution is 2.46. The summed E-state index contributed by atoms with van der Waals surface area (Å²) in [6.07, 6.45) is 9.02. The third-order valence-electron chi connectivity index (χ3n) is 5.52. The van der Waals surface area contributed by atoms with E-state index in [9.17, 15) is 5.11 Å². The number of rotatable bonds is 3. The Bertz CT molecular complexity index is 423. The number of benzene rings is 1. The summed E-state index contributed by atoms with van der Waals surface area (Å²) in [5, 5.41) is 9.86. The molecule has 20 heavy (non-hydrogen) atoms. The minimum Gasteiger partial charge on any atom is -0.388 e. The summed E-state index contributed by atoms with van der Waals surface area (Å²) >= 11 is 0. The Morgan fingerprint density at radius 3 is 2.20 bits per heavy atom. The van der Waals surface area contributed by atoms with E-state index in [-0.39, 0.29) is 6.10 Å². The molecule has 1 aliphatic heterocycles. The summed E-state index contributed by atoms with van der Waals surface area (Å²) in [5.41, 5.74) is 3.06. The van der Waals surface area contributed by atoms with Crippen molar-refractivity contribution >= 4 is 5.69 Å². The van der Waals surface area contributed by atoms with Gasteiger partial charge in [0, 0.05) is 18.8 Å². The van der Waals surface area contributed by atoms with Gasteiger partial charge in [-0.2, -0.15) is 0 Å². The molecule has 1 aliphatic carbocycles. The maximum atomic E-state index is 9.86. The van der Waals surface area contributed by atoms with Crippen LogP contribution in [-0.4, -0.2) is 18.2 Å². The Labute approximate surface area is 122 Å². The van der Waals surface area contributed by atoms with Crippen LogP contribution in [0.25, 0.3) is 0 Å². The van der Waals surface area contributed by atoms with E-state index >= 15 is 0 Å². The van der Waals surface area contributed by atoms with E-state index < -0.39 is 0 Å². The van der Waals surface area contributed by atoms with Crippen LogP contribution in [0.2, 0.25) is 0 Å². The highest BCUT2D eigenvalue weighted by atomic mass is 16.3. The minimum absolute atomic E-state index is 0.313. The van der Waals surface area contributed by atoms with Gasteiger partial charge in [0.1, 0.15) is 0 Å². The van der Waals surface area contributed by atoms with Gasteiger partial charge in [-0.1, -0.05) is 31.9 Å². The summed E-state index contributed by atoms with van der Waals surface area (Å²) in [5.74, 6) is 0. The Hall–Kier alpha value is -1.02. The van der Waals surface area contributed by atoms with Crippen LogP contribution in [0.4, 0.5) is 5.69 Å². The van der Waals surface area contributed by atoms with Gasteiger partial charge in [0.15, 0.2) is 0 Å². The van der Waals surface area contributed by atoms with E-state index in [4.69, 9.17) is 0 Å². The number of aliphatic hydroxyl groups excluding tert-OH is 1. The van der Waals surface area contributed by atoms with E-state index in [2.05, 4.69) is 29.2 Å². The van der Waals surface area contributed by atoms with Gasteiger partial charge < -0.3 is 10.0 Å². The first-order valence-electron chi connectivity index (χ1n) is 8.25. The van der Waals surface area contributed by atoms with E-state index in [1.54, 1.807) is 0 Å². The summed E-state index contributed by atoms with van der Waals surface area (Å²) < 4.78 is 0. The quantitative estimate of drug-likeness (QED) is 0.888. The Morgan fingerprint density at radius 1 is 1.05 bits per heavy atom. The Balaban J connectivity index is 1.63. The largest absolute Gasteiger partial charge is 0.388 e. The normalized spacial score (nSPS) is 23.2. The Kier molecular flexibility index (Phi) is 4.02. The predicted molar refractivity (Wildman–Crippen MR) is 84.0 cm³/mol. The van der Waals surface area contributed by atoms with Gasteiger partial charge in [0.25, 0.3) is 0 Å². The monoisotopic (exact) mass is 273 g/mol. The van der Waals surface area contributed by atoms with E-state index in [1.165, 1.54) is 57.3 Å². The molecule has 2 aliphatic rings. The van der Waals surface area contributed by atoms with Crippen LogP contribution >= 0.6 is 0 Å². The van der Waals surface area contributed by atoms with Gasteiger partial charge in [-0.3, -0.25) is 0 Å².